The Morgan fingerprint density at radius 1 is 1.20 bits per heavy atom. The second-order valence-electron chi connectivity index (χ2n) is 9.98. The van der Waals surface area contributed by atoms with Gasteiger partial charge in [0, 0.05) is 30.9 Å². The van der Waals surface area contributed by atoms with Crippen LogP contribution in [0.25, 0.3) is 16.3 Å². The fraction of sp³-hybridized carbons (Fsp3) is 0.591. The zero-order valence-corrected chi connectivity index (χ0v) is 21.6. The van der Waals surface area contributed by atoms with Crippen LogP contribution in [0.5, 0.6) is 0 Å². The van der Waals surface area contributed by atoms with Gasteiger partial charge >= 0.3 is 0 Å². The number of fused-ring (bicyclic) bond motifs is 1. The molecule has 35 heavy (non-hydrogen) atoms. The van der Waals surface area contributed by atoms with Gasteiger partial charge in [-0.15, -0.1) is 10.2 Å². The maximum Gasteiger partial charge on any atom is 0.291 e. The van der Waals surface area contributed by atoms with Crippen LogP contribution in [0.3, 0.4) is 0 Å². The molecule has 0 amide bonds. The second kappa shape index (κ2) is 8.71. The number of alkyl halides is 2. The third-order valence-corrected chi connectivity index (χ3v) is 9.55. The predicted molar refractivity (Wildman–Crippen MR) is 130 cm³/mol. The van der Waals surface area contributed by atoms with Gasteiger partial charge in [-0.05, 0) is 44.7 Å². The van der Waals surface area contributed by atoms with Crippen molar-refractivity contribution in [3.63, 3.8) is 0 Å². The first-order valence-electron chi connectivity index (χ1n) is 11.6. The molecule has 1 aliphatic carbocycles. The number of nitrogens with one attached hydrogen (secondary N) is 2. The number of pyridine rings is 1. The first-order chi connectivity index (χ1) is 16.5. The largest absolute Gasteiger partial charge is 0.369 e. The lowest BCUT2D eigenvalue weighted by Gasteiger charge is -2.42. The van der Waals surface area contributed by atoms with Crippen molar-refractivity contribution in [2.45, 2.75) is 56.5 Å². The van der Waals surface area contributed by atoms with E-state index in [1.54, 1.807) is 16.7 Å². The molecule has 1 saturated carbocycles. The third kappa shape index (κ3) is 4.54. The Bertz CT molecular complexity index is 1340. The average molecular weight is 526 g/mol. The van der Waals surface area contributed by atoms with Crippen LogP contribution in [0, 0.1) is 11.8 Å². The van der Waals surface area contributed by atoms with Crippen molar-refractivity contribution in [1.82, 2.24) is 29.6 Å². The number of sulfonamides is 1. The van der Waals surface area contributed by atoms with Gasteiger partial charge in [0.05, 0.1) is 17.4 Å². The standard InChI is InChI=1S/C22H29F2N7O2S2/c1-12-9-30(10-13(2)17(12)25-4)15-7-14(35(32,33)29-22(3)5-6-22)11-31-16(15)8-26-19(31)21-28-27-20(34-21)18(23)24/h7-8,11-13,17-18,25,29H,5-6,9-10H2,1-4H3/t12-,13-/m0/s1. The first kappa shape index (κ1) is 24.5. The van der Waals surface area contributed by atoms with Gasteiger partial charge in [-0.3, -0.25) is 4.40 Å². The molecule has 2 atom stereocenters. The number of hydrogen-bond acceptors (Lipinski definition) is 8. The lowest BCUT2D eigenvalue weighted by Crippen LogP contribution is -2.52. The van der Waals surface area contributed by atoms with Crippen LogP contribution in [-0.4, -0.2) is 59.7 Å². The van der Waals surface area contributed by atoms with Crippen molar-refractivity contribution in [2.24, 2.45) is 11.8 Å². The normalized spacial score (nSPS) is 22.9. The molecule has 13 heteroatoms. The van der Waals surface area contributed by atoms with Crippen LogP contribution in [0.2, 0.25) is 0 Å². The van der Waals surface area contributed by atoms with E-state index < -0.39 is 27.0 Å². The van der Waals surface area contributed by atoms with Crippen LogP contribution < -0.4 is 14.9 Å². The molecule has 4 heterocycles. The maximum absolute atomic E-state index is 13.4. The van der Waals surface area contributed by atoms with Gasteiger partial charge in [0.25, 0.3) is 6.43 Å². The van der Waals surface area contributed by atoms with E-state index in [9.17, 15) is 17.2 Å². The summed E-state index contributed by atoms with van der Waals surface area (Å²) >= 11 is 0.750. The summed E-state index contributed by atoms with van der Waals surface area (Å²) < 4.78 is 57.4. The van der Waals surface area contributed by atoms with Gasteiger partial charge in [0.1, 0.15) is 4.90 Å². The van der Waals surface area contributed by atoms with Crippen molar-refractivity contribution in [3.8, 4) is 10.8 Å². The van der Waals surface area contributed by atoms with Crippen molar-refractivity contribution in [2.75, 3.05) is 25.0 Å². The highest BCUT2D eigenvalue weighted by molar-refractivity contribution is 7.89. The van der Waals surface area contributed by atoms with Crippen molar-refractivity contribution in [1.29, 1.82) is 0 Å². The van der Waals surface area contributed by atoms with E-state index in [1.165, 1.54) is 6.20 Å². The van der Waals surface area contributed by atoms with E-state index in [1.807, 2.05) is 14.0 Å². The SMILES string of the molecule is CNC1[C@@H](C)CN(c2cc(S(=O)(=O)NC3(C)CC3)cn3c(-c4nnc(C(F)F)s4)ncc23)C[C@@H]1C. The number of anilines is 1. The van der Waals surface area contributed by atoms with E-state index in [2.05, 4.69) is 44.0 Å². The van der Waals surface area contributed by atoms with E-state index >= 15 is 0 Å². The molecule has 3 aromatic rings. The molecule has 1 saturated heterocycles. The molecule has 1 aliphatic heterocycles. The molecule has 0 spiro atoms. The Kier molecular flexibility index (Phi) is 6.09. The molecule has 2 aliphatic rings. The molecule has 190 valence electrons. The first-order valence-corrected chi connectivity index (χ1v) is 13.9. The highest BCUT2D eigenvalue weighted by Gasteiger charge is 2.42. The van der Waals surface area contributed by atoms with E-state index in [0.717, 1.165) is 43.0 Å². The highest BCUT2D eigenvalue weighted by atomic mass is 32.2. The van der Waals surface area contributed by atoms with Crippen LogP contribution in [0.1, 0.15) is 45.0 Å². The maximum atomic E-state index is 13.4. The number of imidazole rings is 1. The third-order valence-electron chi connectivity index (χ3n) is 7.02. The summed E-state index contributed by atoms with van der Waals surface area (Å²) in [5.41, 5.74) is 0.984. The zero-order valence-electron chi connectivity index (χ0n) is 20.0. The number of hydrogen-bond donors (Lipinski definition) is 2. The number of aromatic nitrogens is 4. The smallest absolute Gasteiger partial charge is 0.291 e. The number of rotatable bonds is 7. The Hall–Kier alpha value is -2.22. The zero-order chi connectivity index (χ0) is 25.1. The van der Waals surface area contributed by atoms with Crippen LogP contribution in [-0.2, 0) is 10.0 Å². The minimum atomic E-state index is -3.83. The van der Waals surface area contributed by atoms with Gasteiger partial charge in [-0.1, -0.05) is 25.2 Å². The number of halogens is 2. The lowest BCUT2D eigenvalue weighted by atomic mass is 9.85. The molecule has 3 aromatic heterocycles. The molecule has 0 radical (unpaired) electrons. The van der Waals surface area contributed by atoms with Gasteiger partial charge in [-0.25, -0.2) is 26.9 Å². The molecular formula is C22H29F2N7O2S2. The summed E-state index contributed by atoms with van der Waals surface area (Å²) in [5, 5.41) is 10.7. The molecule has 2 N–H and O–H groups in total. The number of nitrogens with zero attached hydrogens (tertiary/aromatic N) is 5. The molecule has 0 unspecified atom stereocenters. The van der Waals surface area contributed by atoms with Crippen LogP contribution in [0.15, 0.2) is 23.4 Å². The van der Waals surface area contributed by atoms with Gasteiger partial charge in [-0.2, -0.15) is 0 Å². The predicted octanol–water partition coefficient (Wildman–Crippen LogP) is 3.30. The van der Waals surface area contributed by atoms with Crippen molar-refractivity contribution < 1.29 is 17.2 Å². The fourth-order valence-electron chi connectivity index (χ4n) is 5.02. The molecule has 2 fully saturated rings. The summed E-state index contributed by atoms with van der Waals surface area (Å²) in [6, 6.07) is 2.04. The average Bonchev–Trinajstić information content (AvgIpc) is 3.17. The summed E-state index contributed by atoms with van der Waals surface area (Å²) in [4.78, 5) is 6.73. The quantitative estimate of drug-likeness (QED) is 0.488. The summed E-state index contributed by atoms with van der Waals surface area (Å²) in [5.74, 6) is 0.935. The number of piperidine rings is 1. The topological polar surface area (TPSA) is 105 Å². The molecule has 0 aromatic carbocycles. The summed E-state index contributed by atoms with van der Waals surface area (Å²) in [6.07, 6.45) is 1.96. The minimum Gasteiger partial charge on any atom is -0.369 e. The van der Waals surface area contributed by atoms with E-state index in [0.29, 0.717) is 23.4 Å². The van der Waals surface area contributed by atoms with Crippen molar-refractivity contribution in [3.05, 3.63) is 23.5 Å². The minimum absolute atomic E-state index is 0.0991. The van der Waals surface area contributed by atoms with Gasteiger partial charge in [0.2, 0.25) is 10.0 Å². The summed E-state index contributed by atoms with van der Waals surface area (Å²) in [7, 11) is -1.87. The van der Waals surface area contributed by atoms with Crippen LogP contribution >= 0.6 is 11.3 Å². The highest BCUT2D eigenvalue weighted by Crippen LogP contribution is 2.38. The lowest BCUT2D eigenvalue weighted by molar-refractivity contribution is 0.150. The fourth-order valence-corrected chi connectivity index (χ4v) is 7.20. The second-order valence-corrected chi connectivity index (χ2v) is 12.7. The Morgan fingerprint density at radius 3 is 2.46 bits per heavy atom. The van der Waals surface area contributed by atoms with Gasteiger partial charge in [0.15, 0.2) is 15.8 Å². The van der Waals surface area contributed by atoms with E-state index in [4.69, 9.17) is 0 Å². The molecular weight excluding hydrogens is 496 g/mol. The monoisotopic (exact) mass is 525 g/mol. The van der Waals surface area contributed by atoms with E-state index in [-0.39, 0.29) is 15.7 Å². The molecule has 9 nitrogen and oxygen atoms in total. The van der Waals surface area contributed by atoms with Crippen LogP contribution in [0.4, 0.5) is 14.5 Å². The Morgan fingerprint density at radius 2 is 1.89 bits per heavy atom. The summed E-state index contributed by atoms with van der Waals surface area (Å²) in [6.45, 7) is 7.69. The van der Waals surface area contributed by atoms with Gasteiger partial charge < -0.3 is 10.2 Å². The molecule has 0 bridgehead atoms. The Labute approximate surface area is 207 Å². The Balaban J connectivity index is 1.64. The molecule has 5 rings (SSSR count). The van der Waals surface area contributed by atoms with Crippen molar-refractivity contribution >= 4 is 32.6 Å².